The standard InChI is InChI=1S/C12H19NS/c1-2-3-4-5-10-14-12-8-6-11(13)7-9-12/h6-9H,2-5,10,13H2,1H3. The quantitative estimate of drug-likeness (QED) is 0.436. The number of rotatable bonds is 6. The lowest BCUT2D eigenvalue weighted by Gasteiger charge is -2.01. The summed E-state index contributed by atoms with van der Waals surface area (Å²) in [5.74, 6) is 1.23. The van der Waals surface area contributed by atoms with Crippen LogP contribution in [0.15, 0.2) is 29.2 Å². The van der Waals surface area contributed by atoms with E-state index in [2.05, 4.69) is 19.1 Å². The van der Waals surface area contributed by atoms with E-state index in [0.29, 0.717) is 0 Å². The van der Waals surface area contributed by atoms with E-state index in [9.17, 15) is 0 Å². The van der Waals surface area contributed by atoms with E-state index in [0.717, 1.165) is 5.69 Å². The van der Waals surface area contributed by atoms with E-state index in [1.807, 2.05) is 23.9 Å². The predicted octanol–water partition coefficient (Wildman–Crippen LogP) is 3.94. The molecule has 0 bridgehead atoms. The van der Waals surface area contributed by atoms with E-state index in [-0.39, 0.29) is 0 Å². The summed E-state index contributed by atoms with van der Waals surface area (Å²) < 4.78 is 0. The molecule has 0 spiro atoms. The predicted molar refractivity (Wildman–Crippen MR) is 65.7 cm³/mol. The highest BCUT2D eigenvalue weighted by molar-refractivity contribution is 7.99. The van der Waals surface area contributed by atoms with Gasteiger partial charge in [0.05, 0.1) is 0 Å². The summed E-state index contributed by atoms with van der Waals surface area (Å²) in [5.41, 5.74) is 6.46. The van der Waals surface area contributed by atoms with Crippen molar-refractivity contribution < 1.29 is 0 Å². The molecule has 0 radical (unpaired) electrons. The van der Waals surface area contributed by atoms with E-state index in [4.69, 9.17) is 5.73 Å². The van der Waals surface area contributed by atoms with Gasteiger partial charge in [-0.3, -0.25) is 0 Å². The minimum atomic E-state index is 0.848. The minimum absolute atomic E-state index is 0.848. The molecule has 2 heteroatoms. The summed E-state index contributed by atoms with van der Waals surface area (Å²) >= 11 is 1.92. The molecule has 0 aliphatic rings. The molecule has 1 aromatic rings. The van der Waals surface area contributed by atoms with Gasteiger partial charge in [0.15, 0.2) is 0 Å². The Morgan fingerprint density at radius 3 is 2.43 bits per heavy atom. The van der Waals surface area contributed by atoms with Crippen LogP contribution in [0.25, 0.3) is 0 Å². The van der Waals surface area contributed by atoms with Gasteiger partial charge in [-0.25, -0.2) is 0 Å². The topological polar surface area (TPSA) is 26.0 Å². The molecule has 0 atom stereocenters. The van der Waals surface area contributed by atoms with Gasteiger partial charge in [-0.1, -0.05) is 26.2 Å². The lowest BCUT2D eigenvalue weighted by atomic mass is 10.2. The van der Waals surface area contributed by atoms with Crippen molar-refractivity contribution in [3.05, 3.63) is 24.3 Å². The molecular formula is C12H19NS. The molecule has 2 N–H and O–H groups in total. The zero-order valence-corrected chi connectivity index (χ0v) is 9.65. The molecular weight excluding hydrogens is 190 g/mol. The van der Waals surface area contributed by atoms with Crippen molar-refractivity contribution in [2.75, 3.05) is 11.5 Å². The second kappa shape index (κ2) is 6.77. The molecule has 0 amide bonds. The first-order chi connectivity index (χ1) is 6.83. The first-order valence-electron chi connectivity index (χ1n) is 5.31. The maximum atomic E-state index is 5.61. The van der Waals surface area contributed by atoms with Crippen molar-refractivity contribution >= 4 is 17.4 Å². The lowest BCUT2D eigenvalue weighted by molar-refractivity contribution is 0.706. The third kappa shape index (κ3) is 4.56. The summed E-state index contributed by atoms with van der Waals surface area (Å²) in [6, 6.07) is 8.13. The largest absolute Gasteiger partial charge is 0.399 e. The Hall–Kier alpha value is -0.630. The van der Waals surface area contributed by atoms with Crippen LogP contribution in [0, 0.1) is 0 Å². The van der Waals surface area contributed by atoms with E-state index >= 15 is 0 Å². The Morgan fingerprint density at radius 1 is 1.07 bits per heavy atom. The molecule has 0 fully saturated rings. The van der Waals surface area contributed by atoms with Gasteiger partial charge in [-0.2, -0.15) is 0 Å². The summed E-state index contributed by atoms with van der Waals surface area (Å²) in [4.78, 5) is 1.33. The van der Waals surface area contributed by atoms with E-state index < -0.39 is 0 Å². The lowest BCUT2D eigenvalue weighted by Crippen LogP contribution is -1.84. The molecule has 0 heterocycles. The third-order valence-electron chi connectivity index (χ3n) is 2.15. The van der Waals surface area contributed by atoms with Crippen LogP contribution in [0.5, 0.6) is 0 Å². The second-order valence-electron chi connectivity index (χ2n) is 3.48. The molecule has 1 nitrogen and oxygen atoms in total. The molecule has 0 saturated carbocycles. The number of thioether (sulfide) groups is 1. The molecule has 0 unspecified atom stereocenters. The van der Waals surface area contributed by atoms with Crippen molar-refractivity contribution in [3.8, 4) is 0 Å². The van der Waals surface area contributed by atoms with Gasteiger partial charge >= 0.3 is 0 Å². The number of nitrogen functional groups attached to an aromatic ring is 1. The molecule has 0 aliphatic carbocycles. The number of anilines is 1. The number of hydrogen-bond acceptors (Lipinski definition) is 2. The monoisotopic (exact) mass is 209 g/mol. The smallest absolute Gasteiger partial charge is 0.0314 e. The highest BCUT2D eigenvalue weighted by atomic mass is 32.2. The van der Waals surface area contributed by atoms with Crippen molar-refractivity contribution in [1.82, 2.24) is 0 Å². The fourth-order valence-corrected chi connectivity index (χ4v) is 2.20. The molecule has 14 heavy (non-hydrogen) atoms. The highest BCUT2D eigenvalue weighted by Crippen LogP contribution is 2.20. The SMILES string of the molecule is CCCCCCSc1ccc(N)cc1. The number of unbranched alkanes of at least 4 members (excludes halogenated alkanes) is 3. The Morgan fingerprint density at radius 2 is 1.79 bits per heavy atom. The molecule has 0 aliphatic heterocycles. The van der Waals surface area contributed by atoms with Crippen LogP contribution < -0.4 is 5.73 Å². The second-order valence-corrected chi connectivity index (χ2v) is 4.65. The fraction of sp³-hybridized carbons (Fsp3) is 0.500. The van der Waals surface area contributed by atoms with Crippen LogP contribution in [-0.2, 0) is 0 Å². The first kappa shape index (κ1) is 11.4. The van der Waals surface area contributed by atoms with Crippen molar-refractivity contribution in [2.24, 2.45) is 0 Å². The van der Waals surface area contributed by atoms with Gasteiger partial charge in [0.25, 0.3) is 0 Å². The van der Waals surface area contributed by atoms with Crippen LogP contribution in [0.1, 0.15) is 32.6 Å². The maximum Gasteiger partial charge on any atom is 0.0314 e. The summed E-state index contributed by atoms with van der Waals surface area (Å²) in [5, 5.41) is 0. The zero-order valence-electron chi connectivity index (χ0n) is 8.83. The Bertz CT molecular complexity index is 243. The van der Waals surface area contributed by atoms with Crippen LogP contribution in [0.3, 0.4) is 0 Å². The molecule has 1 aromatic carbocycles. The van der Waals surface area contributed by atoms with Crippen LogP contribution in [0.4, 0.5) is 5.69 Å². The Labute approximate surface area is 91.1 Å². The highest BCUT2D eigenvalue weighted by Gasteiger charge is 1.93. The Balaban J connectivity index is 2.15. The molecule has 1 rings (SSSR count). The van der Waals surface area contributed by atoms with Crippen molar-refractivity contribution in [1.29, 1.82) is 0 Å². The molecule has 0 aromatic heterocycles. The van der Waals surface area contributed by atoms with E-state index in [1.54, 1.807) is 0 Å². The normalized spacial score (nSPS) is 10.4. The van der Waals surface area contributed by atoms with Gasteiger partial charge in [0, 0.05) is 10.6 Å². The third-order valence-corrected chi connectivity index (χ3v) is 3.25. The average Bonchev–Trinajstić information content (AvgIpc) is 2.21. The maximum absolute atomic E-state index is 5.61. The van der Waals surface area contributed by atoms with Gasteiger partial charge in [-0.15, -0.1) is 11.8 Å². The minimum Gasteiger partial charge on any atom is -0.399 e. The molecule has 0 saturated heterocycles. The summed E-state index contributed by atoms with van der Waals surface area (Å²) in [6.45, 7) is 2.24. The number of hydrogen-bond donors (Lipinski definition) is 1. The van der Waals surface area contributed by atoms with Gasteiger partial charge in [0.2, 0.25) is 0 Å². The average molecular weight is 209 g/mol. The number of benzene rings is 1. The van der Waals surface area contributed by atoms with Gasteiger partial charge < -0.3 is 5.73 Å². The van der Waals surface area contributed by atoms with Crippen molar-refractivity contribution in [3.63, 3.8) is 0 Å². The van der Waals surface area contributed by atoms with Crippen LogP contribution in [-0.4, -0.2) is 5.75 Å². The molecule has 78 valence electrons. The number of nitrogens with two attached hydrogens (primary N) is 1. The summed E-state index contributed by atoms with van der Waals surface area (Å²) in [7, 11) is 0. The van der Waals surface area contributed by atoms with Gasteiger partial charge in [0.1, 0.15) is 0 Å². The van der Waals surface area contributed by atoms with Gasteiger partial charge in [-0.05, 0) is 36.4 Å². The Kier molecular flexibility index (Phi) is 5.53. The zero-order chi connectivity index (χ0) is 10.2. The first-order valence-corrected chi connectivity index (χ1v) is 6.30. The fourth-order valence-electron chi connectivity index (χ4n) is 1.28. The van der Waals surface area contributed by atoms with Crippen LogP contribution in [0.2, 0.25) is 0 Å². The summed E-state index contributed by atoms with van der Waals surface area (Å²) in [6.07, 6.45) is 5.36. The van der Waals surface area contributed by atoms with E-state index in [1.165, 1.54) is 36.3 Å². The van der Waals surface area contributed by atoms with Crippen LogP contribution >= 0.6 is 11.8 Å². The van der Waals surface area contributed by atoms with Crippen molar-refractivity contribution in [2.45, 2.75) is 37.5 Å².